The lowest BCUT2D eigenvalue weighted by Gasteiger charge is -2.14. The number of sulfonamides is 1. The monoisotopic (exact) mass is 400 g/mol. The van der Waals surface area contributed by atoms with Crippen molar-refractivity contribution >= 4 is 31.6 Å². The lowest BCUT2D eigenvalue weighted by atomic mass is 10.2. The van der Waals surface area contributed by atoms with Gasteiger partial charge in [-0.25, -0.2) is 8.42 Å². The SMILES string of the molecule is Cc1nnc(C2CC(S(=O)(=O)Nc3ccc(Br)c(C)c3)CN2)o1. The van der Waals surface area contributed by atoms with Crippen molar-refractivity contribution in [1.29, 1.82) is 0 Å². The average Bonchev–Trinajstić information content (AvgIpc) is 3.11. The van der Waals surface area contributed by atoms with Crippen LogP contribution in [0.3, 0.4) is 0 Å². The number of anilines is 1. The molecule has 3 rings (SSSR count). The summed E-state index contributed by atoms with van der Waals surface area (Å²) in [6, 6.07) is 5.12. The Morgan fingerprint density at radius 1 is 1.35 bits per heavy atom. The van der Waals surface area contributed by atoms with Crippen LogP contribution in [0.4, 0.5) is 5.69 Å². The van der Waals surface area contributed by atoms with Gasteiger partial charge >= 0.3 is 0 Å². The normalized spacial score (nSPS) is 21.5. The van der Waals surface area contributed by atoms with E-state index in [-0.39, 0.29) is 6.04 Å². The molecule has 1 aliphatic heterocycles. The van der Waals surface area contributed by atoms with Crippen molar-refractivity contribution in [1.82, 2.24) is 15.5 Å². The van der Waals surface area contributed by atoms with E-state index < -0.39 is 15.3 Å². The highest BCUT2D eigenvalue weighted by Gasteiger charge is 2.37. The Morgan fingerprint density at radius 2 is 2.13 bits per heavy atom. The molecular formula is C14H17BrN4O3S. The third-order valence-electron chi connectivity index (χ3n) is 3.79. The van der Waals surface area contributed by atoms with Crippen LogP contribution in [0.15, 0.2) is 27.1 Å². The summed E-state index contributed by atoms with van der Waals surface area (Å²) < 4.78 is 34.1. The van der Waals surface area contributed by atoms with E-state index in [1.807, 2.05) is 13.0 Å². The number of nitrogens with one attached hydrogen (secondary N) is 2. The second kappa shape index (κ2) is 6.21. The predicted molar refractivity (Wildman–Crippen MR) is 89.6 cm³/mol. The van der Waals surface area contributed by atoms with Gasteiger partial charge in [-0.05, 0) is 37.1 Å². The van der Waals surface area contributed by atoms with E-state index in [1.54, 1.807) is 19.1 Å². The molecule has 2 heterocycles. The first-order valence-corrected chi connectivity index (χ1v) is 9.50. The van der Waals surface area contributed by atoms with Crippen molar-refractivity contribution in [3.63, 3.8) is 0 Å². The molecule has 2 aromatic rings. The second-order valence-electron chi connectivity index (χ2n) is 5.59. The van der Waals surface area contributed by atoms with Gasteiger partial charge in [-0.1, -0.05) is 15.9 Å². The highest BCUT2D eigenvalue weighted by Crippen LogP contribution is 2.28. The van der Waals surface area contributed by atoms with Gasteiger partial charge in [0.15, 0.2) is 0 Å². The first-order valence-electron chi connectivity index (χ1n) is 7.16. The molecule has 2 unspecified atom stereocenters. The van der Waals surface area contributed by atoms with Crippen molar-refractivity contribution in [3.8, 4) is 0 Å². The standard InChI is InChI=1S/C14H17BrN4O3S/c1-8-5-10(3-4-12(8)15)19-23(20,21)11-6-13(16-7-11)14-18-17-9(2)22-14/h3-5,11,13,16,19H,6-7H2,1-2H3. The van der Waals surface area contributed by atoms with Crippen LogP contribution in [0, 0.1) is 13.8 Å². The van der Waals surface area contributed by atoms with Gasteiger partial charge in [-0.3, -0.25) is 4.72 Å². The topological polar surface area (TPSA) is 97.1 Å². The van der Waals surface area contributed by atoms with Crippen LogP contribution in [-0.4, -0.2) is 30.4 Å². The highest BCUT2D eigenvalue weighted by atomic mass is 79.9. The maximum absolute atomic E-state index is 12.6. The predicted octanol–water partition coefficient (Wildman–Crippen LogP) is 2.29. The average molecular weight is 401 g/mol. The zero-order valence-corrected chi connectivity index (χ0v) is 15.1. The Bertz CT molecular complexity index is 821. The number of hydrogen-bond acceptors (Lipinski definition) is 6. The van der Waals surface area contributed by atoms with Crippen LogP contribution in [-0.2, 0) is 10.0 Å². The van der Waals surface area contributed by atoms with Gasteiger partial charge in [0.25, 0.3) is 0 Å². The molecule has 7 nitrogen and oxygen atoms in total. The Hall–Kier alpha value is -1.45. The fourth-order valence-corrected chi connectivity index (χ4v) is 4.17. The number of rotatable bonds is 4. The summed E-state index contributed by atoms with van der Waals surface area (Å²) in [7, 11) is -3.49. The molecule has 1 aromatic carbocycles. The number of benzene rings is 1. The Kier molecular flexibility index (Phi) is 4.43. The van der Waals surface area contributed by atoms with E-state index in [1.165, 1.54) is 0 Å². The van der Waals surface area contributed by atoms with Crippen molar-refractivity contribution < 1.29 is 12.8 Å². The molecule has 1 fully saturated rings. The summed E-state index contributed by atoms with van der Waals surface area (Å²) >= 11 is 3.40. The van der Waals surface area contributed by atoms with Gasteiger partial charge in [0.05, 0.1) is 11.3 Å². The molecule has 0 aliphatic carbocycles. The third kappa shape index (κ3) is 3.56. The summed E-state index contributed by atoms with van der Waals surface area (Å²) in [5.41, 5.74) is 1.52. The number of aromatic nitrogens is 2. The van der Waals surface area contributed by atoms with Crippen LogP contribution in [0.2, 0.25) is 0 Å². The summed E-state index contributed by atoms with van der Waals surface area (Å²) in [6.07, 6.45) is 0.395. The Labute approximate surface area is 143 Å². The first-order chi connectivity index (χ1) is 10.8. The van der Waals surface area contributed by atoms with Gasteiger partial charge in [0.2, 0.25) is 21.8 Å². The van der Waals surface area contributed by atoms with Crippen molar-refractivity contribution in [3.05, 3.63) is 40.0 Å². The first kappa shape index (κ1) is 16.4. The molecule has 9 heteroatoms. The Morgan fingerprint density at radius 3 is 2.78 bits per heavy atom. The molecule has 0 saturated carbocycles. The van der Waals surface area contributed by atoms with E-state index in [0.717, 1.165) is 10.0 Å². The van der Waals surface area contributed by atoms with Gasteiger partial charge in [-0.2, -0.15) is 0 Å². The van der Waals surface area contributed by atoms with Crippen molar-refractivity contribution in [2.75, 3.05) is 11.3 Å². The maximum atomic E-state index is 12.6. The van der Waals surface area contributed by atoms with Crippen LogP contribution in [0.5, 0.6) is 0 Å². The summed E-state index contributed by atoms with van der Waals surface area (Å²) in [4.78, 5) is 0. The van der Waals surface area contributed by atoms with Gasteiger partial charge in [0.1, 0.15) is 0 Å². The highest BCUT2D eigenvalue weighted by molar-refractivity contribution is 9.10. The van der Waals surface area contributed by atoms with Crippen LogP contribution >= 0.6 is 15.9 Å². The minimum Gasteiger partial charge on any atom is -0.424 e. The molecular weight excluding hydrogens is 384 g/mol. The molecule has 2 N–H and O–H groups in total. The molecule has 1 saturated heterocycles. The minimum absolute atomic E-state index is 0.232. The van der Waals surface area contributed by atoms with Gasteiger partial charge in [-0.15, -0.1) is 10.2 Å². The molecule has 1 aromatic heterocycles. The Balaban J connectivity index is 1.72. The summed E-state index contributed by atoms with van der Waals surface area (Å²) in [5.74, 6) is 0.899. The molecule has 0 amide bonds. The number of aryl methyl sites for hydroxylation is 2. The zero-order valence-electron chi connectivity index (χ0n) is 12.7. The molecule has 0 spiro atoms. The molecule has 0 bridgehead atoms. The van der Waals surface area contributed by atoms with E-state index >= 15 is 0 Å². The number of hydrogen-bond donors (Lipinski definition) is 2. The maximum Gasteiger partial charge on any atom is 0.236 e. The lowest BCUT2D eigenvalue weighted by molar-refractivity contribution is 0.413. The van der Waals surface area contributed by atoms with Crippen molar-refractivity contribution in [2.24, 2.45) is 0 Å². The fourth-order valence-electron chi connectivity index (χ4n) is 2.54. The lowest BCUT2D eigenvalue weighted by Crippen LogP contribution is -2.29. The van der Waals surface area contributed by atoms with Crippen molar-refractivity contribution in [2.45, 2.75) is 31.6 Å². The molecule has 23 heavy (non-hydrogen) atoms. The van der Waals surface area contributed by atoms with Gasteiger partial charge in [0, 0.05) is 23.6 Å². The minimum atomic E-state index is -3.49. The number of nitrogens with zero attached hydrogens (tertiary/aromatic N) is 2. The van der Waals surface area contributed by atoms with Crippen LogP contribution in [0.1, 0.15) is 29.8 Å². The van der Waals surface area contributed by atoms with E-state index in [0.29, 0.717) is 30.4 Å². The van der Waals surface area contributed by atoms with E-state index in [9.17, 15) is 8.42 Å². The van der Waals surface area contributed by atoms with Crippen LogP contribution < -0.4 is 10.0 Å². The molecule has 2 atom stereocenters. The van der Waals surface area contributed by atoms with Gasteiger partial charge < -0.3 is 9.73 Å². The second-order valence-corrected chi connectivity index (χ2v) is 8.40. The largest absolute Gasteiger partial charge is 0.424 e. The number of halogens is 1. The molecule has 124 valence electrons. The smallest absolute Gasteiger partial charge is 0.236 e. The van der Waals surface area contributed by atoms with E-state index in [4.69, 9.17) is 4.42 Å². The summed E-state index contributed by atoms with van der Waals surface area (Å²) in [5, 5.41) is 10.3. The fraction of sp³-hybridized carbons (Fsp3) is 0.429. The molecule has 1 aliphatic rings. The third-order valence-corrected chi connectivity index (χ3v) is 6.43. The zero-order chi connectivity index (χ0) is 16.6. The summed E-state index contributed by atoms with van der Waals surface area (Å²) in [6.45, 7) is 3.96. The van der Waals surface area contributed by atoms with Crippen LogP contribution in [0.25, 0.3) is 0 Å². The van der Waals surface area contributed by atoms with E-state index in [2.05, 4.69) is 36.2 Å². The molecule has 0 radical (unpaired) electrons. The quantitative estimate of drug-likeness (QED) is 0.816.